The number of nitrogens with two attached hydrogens (primary N) is 1. The largest absolute Gasteiger partial charge is 0.366 e. The molecule has 0 saturated carbocycles. The number of primary amides is 1. The lowest BCUT2D eigenvalue weighted by atomic mass is 9.89. The number of aromatic nitrogens is 3. The zero-order chi connectivity index (χ0) is 24.9. The van der Waals surface area contributed by atoms with Gasteiger partial charge in [0.25, 0.3) is 11.8 Å². The van der Waals surface area contributed by atoms with Gasteiger partial charge in [-0.15, -0.1) is 0 Å². The van der Waals surface area contributed by atoms with E-state index in [2.05, 4.69) is 34.8 Å². The standard InChI is InChI=1S/C28H29N5O2/c1-15(2)11-21-24(27(29)34)23(25-26(32-21)17(4)31-28(25)35)20-7-8-22-19(12-20)9-10-33(22)14-18-6-5-16(3)30-13-18/h5-10,12-13,15,17H,11,14H2,1-4H3,(H2,29,34)(H,31,35). The first-order chi connectivity index (χ1) is 16.7. The molecule has 1 unspecified atom stereocenters. The molecule has 2 amide bonds. The molecule has 0 saturated heterocycles. The number of rotatable bonds is 6. The fourth-order valence-electron chi connectivity index (χ4n) is 4.91. The first-order valence-electron chi connectivity index (χ1n) is 11.9. The molecule has 35 heavy (non-hydrogen) atoms. The van der Waals surface area contributed by atoms with E-state index in [-0.39, 0.29) is 17.9 Å². The molecule has 3 N–H and O–H groups in total. The van der Waals surface area contributed by atoms with Crippen molar-refractivity contribution in [1.82, 2.24) is 19.9 Å². The summed E-state index contributed by atoms with van der Waals surface area (Å²) in [6, 6.07) is 11.9. The average molecular weight is 468 g/mol. The van der Waals surface area contributed by atoms with Gasteiger partial charge in [0.05, 0.1) is 28.6 Å². The van der Waals surface area contributed by atoms with Crippen molar-refractivity contribution in [3.8, 4) is 11.1 Å². The van der Waals surface area contributed by atoms with Crippen LogP contribution in [0.25, 0.3) is 22.0 Å². The van der Waals surface area contributed by atoms with Crippen molar-refractivity contribution in [1.29, 1.82) is 0 Å². The fraction of sp³-hybridized carbons (Fsp3) is 0.286. The van der Waals surface area contributed by atoms with E-state index in [0.717, 1.165) is 27.7 Å². The van der Waals surface area contributed by atoms with Gasteiger partial charge in [0.15, 0.2) is 0 Å². The van der Waals surface area contributed by atoms with Crippen molar-refractivity contribution in [3.05, 3.63) is 82.6 Å². The van der Waals surface area contributed by atoms with Crippen molar-refractivity contribution >= 4 is 22.7 Å². The molecular weight excluding hydrogens is 438 g/mol. The molecule has 7 nitrogen and oxygen atoms in total. The van der Waals surface area contributed by atoms with E-state index in [9.17, 15) is 9.59 Å². The smallest absolute Gasteiger partial charge is 0.254 e. The number of fused-ring (bicyclic) bond motifs is 2. The average Bonchev–Trinajstić information content (AvgIpc) is 3.33. The minimum Gasteiger partial charge on any atom is -0.366 e. The second-order valence-electron chi connectivity index (χ2n) is 9.75. The van der Waals surface area contributed by atoms with Gasteiger partial charge in [0, 0.05) is 41.1 Å². The maximum atomic E-state index is 13.0. The minimum atomic E-state index is -0.567. The van der Waals surface area contributed by atoms with Crippen LogP contribution < -0.4 is 11.1 Å². The van der Waals surface area contributed by atoms with Crippen LogP contribution in [-0.2, 0) is 13.0 Å². The summed E-state index contributed by atoms with van der Waals surface area (Å²) in [6.45, 7) is 8.73. The van der Waals surface area contributed by atoms with Crippen molar-refractivity contribution in [2.24, 2.45) is 11.7 Å². The predicted molar refractivity (Wildman–Crippen MR) is 136 cm³/mol. The van der Waals surface area contributed by atoms with Crippen molar-refractivity contribution in [3.63, 3.8) is 0 Å². The molecule has 1 atom stereocenters. The highest BCUT2D eigenvalue weighted by atomic mass is 16.2. The second-order valence-corrected chi connectivity index (χ2v) is 9.75. The fourth-order valence-corrected chi connectivity index (χ4v) is 4.91. The SMILES string of the molecule is Cc1ccc(Cn2ccc3cc(-c4c(C(N)=O)c(CC(C)C)nc5c4C(=O)NC5C)ccc32)cn1. The Hall–Kier alpha value is -4.00. The van der Waals surface area contributed by atoms with Crippen LogP contribution in [0.4, 0.5) is 0 Å². The Bertz CT molecular complexity index is 1470. The summed E-state index contributed by atoms with van der Waals surface area (Å²) < 4.78 is 2.16. The molecule has 0 spiro atoms. The predicted octanol–water partition coefficient (Wildman–Crippen LogP) is 4.56. The van der Waals surface area contributed by atoms with Gasteiger partial charge in [-0.25, -0.2) is 0 Å². The lowest BCUT2D eigenvalue weighted by Gasteiger charge is -2.18. The van der Waals surface area contributed by atoms with Gasteiger partial charge in [0.2, 0.25) is 0 Å². The number of carbonyl (C=O) groups excluding carboxylic acids is 2. The quantitative estimate of drug-likeness (QED) is 0.434. The molecule has 1 aliphatic heterocycles. The molecular formula is C28H29N5O2. The first-order valence-corrected chi connectivity index (χ1v) is 11.9. The third-order valence-electron chi connectivity index (χ3n) is 6.52. The Balaban J connectivity index is 1.66. The van der Waals surface area contributed by atoms with Gasteiger partial charge in [0.1, 0.15) is 0 Å². The van der Waals surface area contributed by atoms with E-state index < -0.39 is 5.91 Å². The van der Waals surface area contributed by atoms with E-state index >= 15 is 0 Å². The summed E-state index contributed by atoms with van der Waals surface area (Å²) in [6.07, 6.45) is 4.53. The monoisotopic (exact) mass is 467 g/mol. The number of hydrogen-bond acceptors (Lipinski definition) is 4. The van der Waals surface area contributed by atoms with E-state index in [1.165, 1.54) is 0 Å². The molecule has 7 heteroatoms. The normalized spacial score (nSPS) is 15.0. The number of carbonyl (C=O) groups is 2. The molecule has 1 aliphatic rings. The van der Waals surface area contributed by atoms with Crippen LogP contribution in [0.15, 0.2) is 48.8 Å². The number of benzene rings is 1. The van der Waals surface area contributed by atoms with Crippen LogP contribution in [0.1, 0.15) is 70.2 Å². The van der Waals surface area contributed by atoms with E-state index in [4.69, 9.17) is 10.7 Å². The van der Waals surface area contributed by atoms with Crippen LogP contribution >= 0.6 is 0 Å². The molecule has 4 heterocycles. The number of amides is 2. The van der Waals surface area contributed by atoms with Crippen molar-refractivity contribution in [2.45, 2.75) is 46.7 Å². The van der Waals surface area contributed by atoms with Crippen LogP contribution in [0, 0.1) is 12.8 Å². The topological polar surface area (TPSA) is 103 Å². The van der Waals surface area contributed by atoms with Gasteiger partial charge in [-0.05, 0) is 61.6 Å². The van der Waals surface area contributed by atoms with E-state index in [0.29, 0.717) is 41.0 Å². The molecule has 0 aliphatic carbocycles. The Morgan fingerprint density at radius 2 is 1.97 bits per heavy atom. The Morgan fingerprint density at radius 3 is 2.66 bits per heavy atom. The molecule has 0 radical (unpaired) electrons. The van der Waals surface area contributed by atoms with Gasteiger partial charge in [-0.1, -0.05) is 26.0 Å². The highest BCUT2D eigenvalue weighted by Crippen LogP contribution is 2.38. The van der Waals surface area contributed by atoms with Gasteiger partial charge < -0.3 is 15.6 Å². The summed E-state index contributed by atoms with van der Waals surface area (Å²) in [5.74, 6) is -0.513. The van der Waals surface area contributed by atoms with Crippen LogP contribution in [0.2, 0.25) is 0 Å². The van der Waals surface area contributed by atoms with Gasteiger partial charge >= 0.3 is 0 Å². The molecule has 0 fully saturated rings. The van der Waals surface area contributed by atoms with E-state index in [1.54, 1.807) is 0 Å². The van der Waals surface area contributed by atoms with Gasteiger partial charge in [-0.2, -0.15) is 0 Å². The van der Waals surface area contributed by atoms with Crippen LogP contribution in [-0.4, -0.2) is 26.3 Å². The molecule has 0 bridgehead atoms. The van der Waals surface area contributed by atoms with Crippen molar-refractivity contribution < 1.29 is 9.59 Å². The summed E-state index contributed by atoms with van der Waals surface area (Å²) in [4.78, 5) is 34.8. The summed E-state index contributed by atoms with van der Waals surface area (Å²) >= 11 is 0. The van der Waals surface area contributed by atoms with Crippen LogP contribution in [0.5, 0.6) is 0 Å². The summed E-state index contributed by atoms with van der Waals surface area (Å²) in [7, 11) is 0. The molecule has 178 valence electrons. The lowest BCUT2D eigenvalue weighted by Crippen LogP contribution is -2.20. The van der Waals surface area contributed by atoms with Crippen LogP contribution in [0.3, 0.4) is 0 Å². The summed E-state index contributed by atoms with van der Waals surface area (Å²) in [5, 5.41) is 3.96. The highest BCUT2D eigenvalue weighted by Gasteiger charge is 2.35. The Morgan fingerprint density at radius 1 is 1.17 bits per heavy atom. The zero-order valence-electron chi connectivity index (χ0n) is 20.4. The number of nitrogens with zero attached hydrogens (tertiary/aromatic N) is 3. The number of pyridine rings is 2. The van der Waals surface area contributed by atoms with Crippen molar-refractivity contribution in [2.75, 3.05) is 0 Å². The zero-order valence-corrected chi connectivity index (χ0v) is 20.4. The highest BCUT2D eigenvalue weighted by molar-refractivity contribution is 6.12. The Kier molecular flexibility index (Phi) is 5.63. The summed E-state index contributed by atoms with van der Waals surface area (Å²) in [5.41, 5.74) is 12.5. The lowest BCUT2D eigenvalue weighted by molar-refractivity contribution is 0.0959. The van der Waals surface area contributed by atoms with E-state index in [1.807, 2.05) is 56.6 Å². The maximum absolute atomic E-state index is 13.0. The minimum absolute atomic E-state index is 0.224. The molecule has 4 aromatic rings. The Labute approximate surface area is 204 Å². The second kappa shape index (κ2) is 8.65. The molecule has 5 rings (SSSR count). The number of hydrogen-bond donors (Lipinski definition) is 2. The van der Waals surface area contributed by atoms with Gasteiger partial charge in [-0.3, -0.25) is 19.6 Å². The third kappa shape index (κ3) is 4.07. The third-order valence-corrected chi connectivity index (χ3v) is 6.52. The molecule has 1 aromatic carbocycles. The number of aryl methyl sites for hydroxylation is 1. The molecule has 3 aromatic heterocycles. The maximum Gasteiger partial charge on any atom is 0.254 e. The first kappa shape index (κ1) is 22.8. The number of nitrogens with one attached hydrogen (secondary N) is 1.